The molecule has 4 nitrogen and oxygen atoms in total. The molecule has 0 aliphatic heterocycles. The summed E-state index contributed by atoms with van der Waals surface area (Å²) in [5.74, 6) is 0. The highest BCUT2D eigenvalue weighted by atomic mass is 79.9. The summed E-state index contributed by atoms with van der Waals surface area (Å²) < 4.78 is -0.0563. The molecule has 0 aromatic heterocycles. The van der Waals surface area contributed by atoms with E-state index in [0.29, 0.717) is 6.54 Å². The summed E-state index contributed by atoms with van der Waals surface area (Å²) in [6.45, 7) is 4.38. The Labute approximate surface area is 63.0 Å². The zero-order valence-corrected chi connectivity index (χ0v) is 7.22. The Bertz CT molecular complexity index is 110. The van der Waals surface area contributed by atoms with Crippen molar-refractivity contribution in [2.24, 2.45) is 5.11 Å². The molecule has 0 spiro atoms. The number of alkyl halides is 1. The Hall–Kier alpha value is -0.250. The molecule has 0 saturated heterocycles. The van der Waals surface area contributed by atoms with Crippen LogP contribution in [0, 0.1) is 0 Å². The molecule has 0 amide bonds. The zero-order valence-electron chi connectivity index (χ0n) is 5.63. The molecule has 5 heteroatoms. The molecule has 0 aliphatic carbocycles. The van der Waals surface area contributed by atoms with Crippen LogP contribution < -0.4 is 6.15 Å². The van der Waals surface area contributed by atoms with Gasteiger partial charge < -0.3 is 6.15 Å². The van der Waals surface area contributed by atoms with E-state index in [1.54, 1.807) is 0 Å². The van der Waals surface area contributed by atoms with Crippen LogP contribution in [0.4, 0.5) is 0 Å². The summed E-state index contributed by atoms with van der Waals surface area (Å²) in [6.07, 6.45) is 0. The van der Waals surface area contributed by atoms with Gasteiger partial charge in [-0.25, -0.2) is 0 Å². The van der Waals surface area contributed by atoms with Gasteiger partial charge in [0.2, 0.25) is 0 Å². The summed E-state index contributed by atoms with van der Waals surface area (Å²) in [5, 5.41) is 3.38. The number of hydrogen-bond acceptors (Lipinski definition) is 2. The van der Waals surface area contributed by atoms with Gasteiger partial charge in [0.1, 0.15) is 0 Å². The van der Waals surface area contributed by atoms with Crippen LogP contribution in [0.5, 0.6) is 0 Å². The lowest BCUT2D eigenvalue weighted by Gasteiger charge is -2.09. The number of rotatable bonds is 2. The van der Waals surface area contributed by atoms with Gasteiger partial charge in [-0.2, -0.15) is 0 Å². The molecule has 9 heavy (non-hydrogen) atoms. The molecule has 0 aromatic rings. The van der Waals surface area contributed by atoms with Gasteiger partial charge in [-0.1, -0.05) is 21.0 Å². The molecular weight excluding hydrogens is 184 g/mol. The molecule has 0 heterocycles. The van der Waals surface area contributed by atoms with Crippen LogP contribution in [0.1, 0.15) is 13.8 Å². The maximum atomic E-state index is 7.87. The number of halogens is 1. The maximum absolute atomic E-state index is 7.87. The predicted molar refractivity (Wildman–Crippen MR) is 42.0 cm³/mol. The van der Waals surface area contributed by atoms with Crippen LogP contribution in [0.3, 0.4) is 0 Å². The van der Waals surface area contributed by atoms with Crippen LogP contribution in [0.25, 0.3) is 10.4 Å². The SMILES string of the molecule is CC(C)(Br)CN=[N+]=[N-].N. The van der Waals surface area contributed by atoms with Gasteiger partial charge in [0.05, 0.1) is 0 Å². The van der Waals surface area contributed by atoms with Crippen molar-refractivity contribution in [2.45, 2.75) is 18.2 Å². The molecule has 3 N–H and O–H groups in total. The van der Waals surface area contributed by atoms with Crippen molar-refractivity contribution >= 4 is 15.9 Å². The second-order valence-electron chi connectivity index (χ2n) is 2.11. The van der Waals surface area contributed by atoms with E-state index < -0.39 is 0 Å². The molecule has 0 rings (SSSR count). The van der Waals surface area contributed by atoms with Crippen molar-refractivity contribution in [2.75, 3.05) is 6.54 Å². The van der Waals surface area contributed by atoms with Crippen molar-refractivity contribution in [3.05, 3.63) is 10.4 Å². The third-order valence-electron chi connectivity index (χ3n) is 0.510. The van der Waals surface area contributed by atoms with Crippen molar-refractivity contribution in [1.82, 2.24) is 6.15 Å². The minimum atomic E-state index is -0.0563. The monoisotopic (exact) mass is 194 g/mol. The average molecular weight is 195 g/mol. The van der Waals surface area contributed by atoms with E-state index >= 15 is 0 Å². The second-order valence-corrected chi connectivity index (χ2v) is 4.25. The molecule has 0 aromatic carbocycles. The minimum absolute atomic E-state index is 0. The van der Waals surface area contributed by atoms with Gasteiger partial charge >= 0.3 is 0 Å². The van der Waals surface area contributed by atoms with Crippen molar-refractivity contribution in [3.63, 3.8) is 0 Å². The fraction of sp³-hybridized carbons (Fsp3) is 1.00. The van der Waals surface area contributed by atoms with Gasteiger partial charge in [-0.15, -0.1) is 0 Å². The van der Waals surface area contributed by atoms with Gasteiger partial charge in [0, 0.05) is 15.8 Å². The van der Waals surface area contributed by atoms with Crippen LogP contribution >= 0.6 is 15.9 Å². The van der Waals surface area contributed by atoms with Crippen molar-refractivity contribution in [1.29, 1.82) is 0 Å². The fourth-order valence-corrected chi connectivity index (χ4v) is 0.312. The van der Waals surface area contributed by atoms with Gasteiger partial charge in [0.25, 0.3) is 0 Å². The van der Waals surface area contributed by atoms with Gasteiger partial charge in [0.15, 0.2) is 0 Å². The van der Waals surface area contributed by atoms with Crippen LogP contribution in [-0.4, -0.2) is 10.9 Å². The third-order valence-corrected chi connectivity index (χ3v) is 0.761. The smallest absolute Gasteiger partial charge is 0.0406 e. The first kappa shape index (κ1) is 11.5. The maximum Gasteiger partial charge on any atom is 0.0406 e. The Kier molecular flexibility index (Phi) is 5.91. The third kappa shape index (κ3) is 11.4. The summed E-state index contributed by atoms with van der Waals surface area (Å²) in [5.41, 5.74) is 7.87. The van der Waals surface area contributed by atoms with Crippen LogP contribution in [0.15, 0.2) is 5.11 Å². The van der Waals surface area contributed by atoms with Crippen molar-refractivity contribution in [3.8, 4) is 0 Å². The number of hydrogen-bond donors (Lipinski definition) is 1. The zero-order chi connectivity index (χ0) is 6.62. The highest BCUT2D eigenvalue weighted by Crippen LogP contribution is 2.15. The molecule has 0 bridgehead atoms. The van der Waals surface area contributed by atoms with Gasteiger partial charge in [-0.3, -0.25) is 0 Å². The summed E-state index contributed by atoms with van der Waals surface area (Å²) in [4.78, 5) is 2.62. The van der Waals surface area contributed by atoms with E-state index in [1.165, 1.54) is 0 Å². The first-order chi connectivity index (χ1) is 3.56. The Morgan fingerprint density at radius 1 is 1.67 bits per heavy atom. The molecule has 54 valence electrons. The lowest BCUT2D eigenvalue weighted by molar-refractivity contribution is 0.736. The fourth-order valence-electron chi connectivity index (χ4n) is 0.200. The molecule has 0 aliphatic rings. The van der Waals surface area contributed by atoms with E-state index in [-0.39, 0.29) is 10.5 Å². The highest BCUT2D eigenvalue weighted by molar-refractivity contribution is 9.10. The summed E-state index contributed by atoms with van der Waals surface area (Å²) in [7, 11) is 0. The number of nitrogens with zero attached hydrogens (tertiary/aromatic N) is 3. The van der Waals surface area contributed by atoms with Crippen molar-refractivity contribution < 1.29 is 0 Å². The summed E-state index contributed by atoms with van der Waals surface area (Å²) >= 11 is 3.31. The van der Waals surface area contributed by atoms with Crippen LogP contribution in [0.2, 0.25) is 0 Å². The van der Waals surface area contributed by atoms with E-state index in [9.17, 15) is 0 Å². The lowest BCUT2D eigenvalue weighted by atomic mass is 10.2. The molecule has 0 atom stereocenters. The Morgan fingerprint density at radius 3 is 2.22 bits per heavy atom. The largest absolute Gasteiger partial charge is 0.344 e. The molecular formula is C4H11BrN4. The topological polar surface area (TPSA) is 83.8 Å². The molecule has 0 saturated carbocycles. The van der Waals surface area contributed by atoms with Gasteiger partial charge in [-0.05, 0) is 19.4 Å². The van der Waals surface area contributed by atoms with E-state index in [0.717, 1.165) is 0 Å². The van der Waals surface area contributed by atoms with E-state index in [1.807, 2.05) is 13.8 Å². The Balaban J connectivity index is 0. The molecule has 0 radical (unpaired) electrons. The minimum Gasteiger partial charge on any atom is -0.344 e. The van der Waals surface area contributed by atoms with E-state index in [4.69, 9.17) is 5.53 Å². The highest BCUT2D eigenvalue weighted by Gasteiger charge is 2.09. The second kappa shape index (κ2) is 4.61. The van der Waals surface area contributed by atoms with E-state index in [2.05, 4.69) is 26.0 Å². The quantitative estimate of drug-likeness (QED) is 0.312. The standard InChI is InChI=1S/C4H8BrN3.H3N/c1-4(2,5)3-7-8-6;/h3H2,1-2H3;1H3. The predicted octanol–water partition coefficient (Wildman–Crippen LogP) is 2.63. The normalized spacial score (nSPS) is 9.22. The molecule has 0 unspecified atom stereocenters. The lowest BCUT2D eigenvalue weighted by Crippen LogP contribution is -2.12. The number of azide groups is 1. The first-order valence-corrected chi connectivity index (χ1v) is 3.05. The molecule has 0 fully saturated rings. The Morgan fingerprint density at radius 2 is 2.11 bits per heavy atom. The average Bonchev–Trinajstić information content (AvgIpc) is 1.59. The summed E-state index contributed by atoms with van der Waals surface area (Å²) in [6, 6.07) is 0. The first-order valence-electron chi connectivity index (χ1n) is 2.26. The van der Waals surface area contributed by atoms with Crippen LogP contribution in [-0.2, 0) is 0 Å².